The Kier molecular flexibility index (Phi) is 8.51. The molecule has 0 saturated carbocycles. The summed E-state index contributed by atoms with van der Waals surface area (Å²) in [6.45, 7) is 12.2. The molecule has 2 rings (SSSR count). The molecule has 3 heteroatoms. The van der Waals surface area contributed by atoms with E-state index in [0.29, 0.717) is 0 Å². The molecular weight excluding hydrogens is 294 g/mol. The van der Waals surface area contributed by atoms with E-state index in [-0.39, 0.29) is 13.2 Å². The van der Waals surface area contributed by atoms with E-state index in [1.807, 2.05) is 58.0 Å². The van der Waals surface area contributed by atoms with Gasteiger partial charge in [-0.1, -0.05) is 51.6 Å². The Balaban J connectivity index is 0.00000141. The minimum absolute atomic E-state index is 0. The molecule has 1 aromatic carbocycles. The van der Waals surface area contributed by atoms with Crippen molar-refractivity contribution >= 4 is 17.4 Å². The van der Waals surface area contributed by atoms with Crippen LogP contribution in [0.25, 0.3) is 0 Å². The fourth-order valence-electron chi connectivity index (χ4n) is 2.18. The summed E-state index contributed by atoms with van der Waals surface area (Å²) in [6.07, 6.45) is 1.36. The van der Waals surface area contributed by atoms with Crippen LogP contribution in [-0.4, -0.2) is 10.4 Å². The number of rotatable bonds is 4. The van der Waals surface area contributed by atoms with Gasteiger partial charge in [-0.3, -0.25) is 4.79 Å². The highest BCUT2D eigenvalue weighted by atomic mass is 35.5. The molecule has 0 aliphatic rings. The number of benzene rings is 1. The number of allylic oxidation sites excluding steroid dienone is 1. The van der Waals surface area contributed by atoms with Crippen LogP contribution in [0.4, 0.5) is 0 Å². The average molecular weight is 320 g/mol. The second-order valence-electron chi connectivity index (χ2n) is 4.57. The van der Waals surface area contributed by atoms with Gasteiger partial charge >= 0.3 is 0 Å². The van der Waals surface area contributed by atoms with Crippen LogP contribution in [0.15, 0.2) is 43.0 Å². The molecule has 0 atom stereocenters. The van der Waals surface area contributed by atoms with Gasteiger partial charge in [0.2, 0.25) is 0 Å². The molecule has 0 amide bonds. The summed E-state index contributed by atoms with van der Waals surface area (Å²) in [5.41, 5.74) is 3.92. The lowest BCUT2D eigenvalue weighted by atomic mass is 10.1. The number of carbonyl (C=O) groups excluding carboxylic acids is 1. The highest BCUT2D eigenvalue weighted by molar-refractivity contribution is 6.30. The first-order chi connectivity index (χ1) is 10.0. The van der Waals surface area contributed by atoms with Crippen molar-refractivity contribution in [2.24, 2.45) is 0 Å². The smallest absolute Gasteiger partial charge is 0.187 e. The minimum atomic E-state index is -0.0320. The van der Waals surface area contributed by atoms with Crippen LogP contribution < -0.4 is 0 Å². The molecule has 0 aliphatic heterocycles. The molecule has 0 fully saturated rings. The molecule has 1 aromatic heterocycles. The van der Waals surface area contributed by atoms with Gasteiger partial charge in [0.1, 0.15) is 0 Å². The normalized spacial score (nSPS) is 9.32. The minimum Gasteiger partial charge on any atom is -0.344 e. The number of hydrogen-bond donors (Lipinski definition) is 0. The number of hydrogen-bond acceptors (Lipinski definition) is 1. The van der Waals surface area contributed by atoms with E-state index in [2.05, 4.69) is 11.1 Å². The maximum atomic E-state index is 11.7. The molecular formula is C19H26ClNO. The van der Waals surface area contributed by atoms with Gasteiger partial charge in [-0.05, 0) is 43.7 Å². The second kappa shape index (κ2) is 9.26. The second-order valence-corrected chi connectivity index (χ2v) is 5.00. The van der Waals surface area contributed by atoms with Crippen LogP contribution in [0.3, 0.4) is 0 Å². The quantitative estimate of drug-likeness (QED) is 0.512. The average Bonchev–Trinajstić information content (AvgIpc) is 2.79. The maximum Gasteiger partial charge on any atom is 0.187 e. The number of aromatic nitrogens is 1. The van der Waals surface area contributed by atoms with E-state index < -0.39 is 0 Å². The van der Waals surface area contributed by atoms with Crippen molar-refractivity contribution in [3.8, 4) is 0 Å². The molecule has 0 aliphatic carbocycles. The summed E-state index contributed by atoms with van der Waals surface area (Å²) in [5, 5.41) is 0.729. The number of carbonyl (C=O) groups is 1. The van der Waals surface area contributed by atoms with Crippen molar-refractivity contribution in [2.75, 3.05) is 0 Å². The monoisotopic (exact) mass is 319 g/mol. The van der Waals surface area contributed by atoms with Gasteiger partial charge in [0.15, 0.2) is 5.78 Å². The fourth-order valence-corrected chi connectivity index (χ4v) is 2.30. The summed E-state index contributed by atoms with van der Waals surface area (Å²) in [7, 11) is 0. The van der Waals surface area contributed by atoms with Crippen molar-refractivity contribution in [1.29, 1.82) is 0 Å². The van der Waals surface area contributed by atoms with Crippen LogP contribution in [0.5, 0.6) is 0 Å². The lowest BCUT2D eigenvalue weighted by molar-refractivity contribution is 0.104. The molecule has 22 heavy (non-hydrogen) atoms. The largest absolute Gasteiger partial charge is 0.344 e. The van der Waals surface area contributed by atoms with Gasteiger partial charge < -0.3 is 4.57 Å². The van der Waals surface area contributed by atoms with Crippen LogP contribution in [0.2, 0.25) is 5.02 Å². The van der Waals surface area contributed by atoms with Crippen LogP contribution in [0.1, 0.15) is 48.6 Å². The standard InChI is InChI=1S/C16H16ClNO.C2H6.CH4/c1-4-16(19)15-9-11(2)18(12(15)3)10-13-5-7-14(17)8-6-13;1-2;/h4-9H,1,10H2,2-3H3;1-2H3;1H4. The zero-order chi connectivity index (χ0) is 16.0. The Morgan fingerprint density at radius 1 is 1.23 bits per heavy atom. The summed E-state index contributed by atoms with van der Waals surface area (Å²) >= 11 is 5.88. The van der Waals surface area contributed by atoms with E-state index in [1.54, 1.807) is 0 Å². The molecule has 1 heterocycles. The molecule has 2 nitrogen and oxygen atoms in total. The molecule has 0 bridgehead atoms. The van der Waals surface area contributed by atoms with E-state index in [9.17, 15) is 4.79 Å². The first-order valence-electron chi connectivity index (χ1n) is 7.11. The Bertz CT molecular complexity index is 624. The third kappa shape index (κ3) is 4.60. The lowest BCUT2D eigenvalue weighted by Gasteiger charge is -2.10. The topological polar surface area (TPSA) is 22.0 Å². The van der Waals surface area contributed by atoms with Crippen LogP contribution >= 0.6 is 11.6 Å². The van der Waals surface area contributed by atoms with Crippen molar-refractivity contribution in [2.45, 2.75) is 41.7 Å². The van der Waals surface area contributed by atoms with E-state index >= 15 is 0 Å². The Labute approximate surface area is 139 Å². The summed E-state index contributed by atoms with van der Waals surface area (Å²) in [4.78, 5) is 11.7. The summed E-state index contributed by atoms with van der Waals surface area (Å²) in [6, 6.07) is 9.66. The van der Waals surface area contributed by atoms with Crippen LogP contribution in [-0.2, 0) is 6.54 Å². The Morgan fingerprint density at radius 2 is 1.77 bits per heavy atom. The molecule has 0 radical (unpaired) electrons. The van der Waals surface area contributed by atoms with Crippen molar-refractivity contribution in [3.05, 3.63) is 70.5 Å². The fraction of sp³-hybridized carbons (Fsp3) is 0.316. The van der Waals surface area contributed by atoms with Crippen molar-refractivity contribution < 1.29 is 4.79 Å². The zero-order valence-corrected chi connectivity index (χ0v) is 13.9. The number of ketones is 1. The third-order valence-electron chi connectivity index (χ3n) is 3.28. The SMILES string of the molecule is C.C=CC(=O)c1cc(C)n(Cc2ccc(Cl)cc2)c1C.CC. The third-order valence-corrected chi connectivity index (χ3v) is 3.53. The highest BCUT2D eigenvalue weighted by Crippen LogP contribution is 2.19. The van der Waals surface area contributed by atoms with Gasteiger partial charge in [0.25, 0.3) is 0 Å². The van der Waals surface area contributed by atoms with Gasteiger partial charge in [-0.25, -0.2) is 0 Å². The first kappa shape index (κ1) is 20.2. The first-order valence-corrected chi connectivity index (χ1v) is 7.48. The number of aryl methyl sites for hydroxylation is 1. The molecule has 0 saturated heterocycles. The van der Waals surface area contributed by atoms with Gasteiger partial charge in [0, 0.05) is 28.5 Å². The predicted molar refractivity (Wildman–Crippen MR) is 97.1 cm³/mol. The van der Waals surface area contributed by atoms with E-state index in [1.165, 1.54) is 6.08 Å². The molecule has 120 valence electrons. The van der Waals surface area contributed by atoms with Crippen LogP contribution in [0, 0.1) is 13.8 Å². The molecule has 2 aromatic rings. The number of halogens is 1. The van der Waals surface area contributed by atoms with E-state index in [0.717, 1.165) is 34.1 Å². The maximum absolute atomic E-state index is 11.7. The number of nitrogens with zero attached hydrogens (tertiary/aromatic N) is 1. The van der Waals surface area contributed by atoms with Gasteiger partial charge in [-0.2, -0.15) is 0 Å². The predicted octanol–water partition coefficient (Wildman–Crippen LogP) is 5.84. The van der Waals surface area contributed by atoms with E-state index in [4.69, 9.17) is 11.6 Å². The van der Waals surface area contributed by atoms with Crippen molar-refractivity contribution in [1.82, 2.24) is 4.57 Å². The summed E-state index contributed by atoms with van der Waals surface area (Å²) in [5.74, 6) is -0.0320. The lowest BCUT2D eigenvalue weighted by Crippen LogP contribution is -2.05. The van der Waals surface area contributed by atoms with Gasteiger partial charge in [0.05, 0.1) is 0 Å². The highest BCUT2D eigenvalue weighted by Gasteiger charge is 2.13. The Morgan fingerprint density at radius 3 is 2.27 bits per heavy atom. The zero-order valence-electron chi connectivity index (χ0n) is 13.1. The molecule has 0 unspecified atom stereocenters. The van der Waals surface area contributed by atoms with Gasteiger partial charge in [-0.15, -0.1) is 0 Å². The Hall–Kier alpha value is -1.80. The molecule has 0 spiro atoms. The van der Waals surface area contributed by atoms with Crippen molar-refractivity contribution in [3.63, 3.8) is 0 Å². The molecule has 0 N–H and O–H groups in total. The summed E-state index contributed by atoms with van der Waals surface area (Å²) < 4.78 is 2.12.